The number of carbonyl (C=O) groups is 1. The molecule has 2 aromatic rings. The molecule has 2 heterocycles. The number of nitrogens with one attached hydrogen (secondary N) is 1. The maximum absolute atomic E-state index is 12.2. The lowest BCUT2D eigenvalue weighted by atomic mass is 10.1. The molecule has 3 rings (SSSR count). The van der Waals surface area contributed by atoms with Crippen LogP contribution in [-0.4, -0.2) is 30.6 Å². The highest BCUT2D eigenvalue weighted by molar-refractivity contribution is 6.05. The number of pyridine rings is 1. The second-order valence-electron chi connectivity index (χ2n) is 5.15. The minimum absolute atomic E-state index is 0.0966. The molecule has 1 fully saturated rings. The van der Waals surface area contributed by atoms with E-state index < -0.39 is 0 Å². The molecule has 1 N–H and O–H groups in total. The number of amides is 1. The molecule has 1 amide bonds. The predicted molar refractivity (Wildman–Crippen MR) is 77.6 cm³/mol. The molecule has 1 aromatic carbocycles. The Morgan fingerprint density at radius 3 is 3.10 bits per heavy atom. The molecule has 0 spiro atoms. The van der Waals surface area contributed by atoms with Crippen molar-refractivity contribution in [1.29, 1.82) is 0 Å². The molecule has 0 radical (unpaired) electrons. The van der Waals surface area contributed by atoms with E-state index in [1.807, 2.05) is 30.3 Å². The molecule has 1 aliphatic heterocycles. The fraction of sp³-hybridized carbons (Fsp3) is 0.375. The van der Waals surface area contributed by atoms with Crippen LogP contribution in [0.5, 0.6) is 0 Å². The van der Waals surface area contributed by atoms with Gasteiger partial charge in [0.15, 0.2) is 0 Å². The molecule has 4 nitrogen and oxygen atoms in total. The third kappa shape index (κ3) is 2.80. The first-order chi connectivity index (χ1) is 9.84. The summed E-state index contributed by atoms with van der Waals surface area (Å²) in [6.45, 7) is 2.35. The molecule has 1 atom stereocenters. The fourth-order valence-electron chi connectivity index (χ4n) is 2.59. The van der Waals surface area contributed by atoms with Crippen molar-refractivity contribution < 1.29 is 9.53 Å². The Bertz CT molecular complexity index is 601. The highest BCUT2D eigenvalue weighted by Gasteiger charge is 2.16. The van der Waals surface area contributed by atoms with Crippen molar-refractivity contribution in [2.75, 3.05) is 19.8 Å². The second-order valence-corrected chi connectivity index (χ2v) is 5.15. The molecule has 20 heavy (non-hydrogen) atoms. The molecule has 0 aliphatic carbocycles. The quantitative estimate of drug-likeness (QED) is 0.928. The predicted octanol–water partition coefficient (Wildman–Crippen LogP) is 2.39. The van der Waals surface area contributed by atoms with Gasteiger partial charge in [-0.2, -0.15) is 0 Å². The highest BCUT2D eigenvalue weighted by Crippen LogP contribution is 2.17. The Morgan fingerprint density at radius 1 is 1.35 bits per heavy atom. The number of nitrogens with zero attached hydrogens (tertiary/aromatic N) is 1. The number of hydrogen-bond acceptors (Lipinski definition) is 3. The van der Waals surface area contributed by atoms with Crippen molar-refractivity contribution in [2.45, 2.75) is 12.8 Å². The minimum Gasteiger partial charge on any atom is -0.381 e. The largest absolute Gasteiger partial charge is 0.381 e. The molecular weight excluding hydrogens is 252 g/mol. The Kier molecular flexibility index (Phi) is 3.92. The summed E-state index contributed by atoms with van der Waals surface area (Å²) < 4.78 is 5.33. The summed E-state index contributed by atoms with van der Waals surface area (Å²) in [6.07, 6.45) is 3.75. The minimum atomic E-state index is -0.0966. The van der Waals surface area contributed by atoms with E-state index in [-0.39, 0.29) is 5.91 Å². The number of ether oxygens (including phenoxy) is 1. The first-order valence-electron chi connectivity index (χ1n) is 7.04. The van der Waals surface area contributed by atoms with Gasteiger partial charge in [0.05, 0.1) is 0 Å². The van der Waals surface area contributed by atoms with Crippen LogP contribution in [0.2, 0.25) is 0 Å². The lowest BCUT2D eigenvalue weighted by Gasteiger charge is -2.09. The number of benzene rings is 1. The highest BCUT2D eigenvalue weighted by atomic mass is 16.5. The van der Waals surface area contributed by atoms with Crippen molar-refractivity contribution in [3.63, 3.8) is 0 Å². The average molecular weight is 270 g/mol. The van der Waals surface area contributed by atoms with Gasteiger partial charge in [-0.05, 0) is 30.2 Å². The molecule has 0 bridgehead atoms. The molecular formula is C16H18N2O2. The van der Waals surface area contributed by atoms with Gasteiger partial charge < -0.3 is 10.1 Å². The monoisotopic (exact) mass is 270 g/mol. The van der Waals surface area contributed by atoms with Gasteiger partial charge in [0.1, 0.15) is 5.69 Å². The second kappa shape index (κ2) is 6.01. The standard InChI is InChI=1S/C16H18N2O2/c19-16(18-8-5-12-7-10-20-11-12)15-14-4-2-1-3-13(14)6-9-17-15/h1-4,6,9,12H,5,7-8,10-11H2,(H,18,19)/t12-/m0/s1. The zero-order chi connectivity index (χ0) is 13.8. The van der Waals surface area contributed by atoms with E-state index in [0.29, 0.717) is 18.2 Å². The molecule has 0 saturated carbocycles. The lowest BCUT2D eigenvalue weighted by Crippen LogP contribution is -2.27. The molecule has 1 saturated heterocycles. The number of fused-ring (bicyclic) bond motifs is 1. The van der Waals surface area contributed by atoms with E-state index >= 15 is 0 Å². The van der Waals surface area contributed by atoms with Gasteiger partial charge in [0, 0.05) is 31.3 Å². The summed E-state index contributed by atoms with van der Waals surface area (Å²) in [4.78, 5) is 16.4. The van der Waals surface area contributed by atoms with Crippen molar-refractivity contribution in [2.24, 2.45) is 5.92 Å². The Morgan fingerprint density at radius 2 is 2.25 bits per heavy atom. The molecule has 104 valence electrons. The van der Waals surface area contributed by atoms with E-state index in [0.717, 1.165) is 36.8 Å². The first kappa shape index (κ1) is 13.1. The van der Waals surface area contributed by atoms with Gasteiger partial charge in [-0.25, -0.2) is 0 Å². The summed E-state index contributed by atoms with van der Waals surface area (Å²) in [5.41, 5.74) is 0.505. The third-order valence-corrected chi connectivity index (χ3v) is 3.75. The summed E-state index contributed by atoms with van der Waals surface area (Å²) in [6, 6.07) is 9.73. The van der Waals surface area contributed by atoms with Gasteiger partial charge in [-0.15, -0.1) is 0 Å². The van der Waals surface area contributed by atoms with E-state index in [1.165, 1.54) is 0 Å². The van der Waals surface area contributed by atoms with Crippen LogP contribution in [0, 0.1) is 5.92 Å². The Labute approximate surface area is 118 Å². The van der Waals surface area contributed by atoms with Gasteiger partial charge >= 0.3 is 0 Å². The fourth-order valence-corrected chi connectivity index (χ4v) is 2.59. The zero-order valence-corrected chi connectivity index (χ0v) is 11.3. The lowest BCUT2D eigenvalue weighted by molar-refractivity contribution is 0.0947. The summed E-state index contributed by atoms with van der Waals surface area (Å²) in [5.74, 6) is 0.483. The summed E-state index contributed by atoms with van der Waals surface area (Å²) in [5, 5.41) is 4.90. The molecule has 0 unspecified atom stereocenters. The first-order valence-corrected chi connectivity index (χ1v) is 7.04. The maximum Gasteiger partial charge on any atom is 0.270 e. The van der Waals surface area contributed by atoms with Crippen LogP contribution in [0.1, 0.15) is 23.3 Å². The van der Waals surface area contributed by atoms with Crippen molar-refractivity contribution in [1.82, 2.24) is 10.3 Å². The number of rotatable bonds is 4. The van der Waals surface area contributed by atoms with Crippen LogP contribution in [0.3, 0.4) is 0 Å². The average Bonchev–Trinajstić information content (AvgIpc) is 3.00. The van der Waals surface area contributed by atoms with Crippen LogP contribution in [0.15, 0.2) is 36.5 Å². The van der Waals surface area contributed by atoms with Gasteiger partial charge in [0.2, 0.25) is 0 Å². The number of hydrogen-bond donors (Lipinski definition) is 1. The van der Waals surface area contributed by atoms with E-state index in [2.05, 4.69) is 10.3 Å². The third-order valence-electron chi connectivity index (χ3n) is 3.75. The van der Waals surface area contributed by atoms with Gasteiger partial charge in [-0.3, -0.25) is 9.78 Å². The van der Waals surface area contributed by atoms with Gasteiger partial charge in [0.25, 0.3) is 5.91 Å². The summed E-state index contributed by atoms with van der Waals surface area (Å²) >= 11 is 0. The van der Waals surface area contributed by atoms with Crippen LogP contribution in [0.4, 0.5) is 0 Å². The van der Waals surface area contributed by atoms with E-state index in [1.54, 1.807) is 6.20 Å². The topological polar surface area (TPSA) is 51.2 Å². The maximum atomic E-state index is 12.2. The normalized spacial score (nSPS) is 18.3. The molecule has 4 heteroatoms. The SMILES string of the molecule is O=C(NCC[C@H]1CCOC1)c1nccc2ccccc12. The van der Waals surface area contributed by atoms with Crippen molar-refractivity contribution in [3.8, 4) is 0 Å². The van der Waals surface area contributed by atoms with Crippen LogP contribution >= 0.6 is 0 Å². The molecule has 1 aromatic heterocycles. The molecule has 1 aliphatic rings. The van der Waals surface area contributed by atoms with Crippen molar-refractivity contribution in [3.05, 3.63) is 42.2 Å². The van der Waals surface area contributed by atoms with Gasteiger partial charge in [-0.1, -0.05) is 24.3 Å². The van der Waals surface area contributed by atoms with E-state index in [9.17, 15) is 4.79 Å². The van der Waals surface area contributed by atoms with Crippen LogP contribution < -0.4 is 5.32 Å². The van der Waals surface area contributed by atoms with E-state index in [4.69, 9.17) is 4.74 Å². The van der Waals surface area contributed by atoms with Crippen molar-refractivity contribution >= 4 is 16.7 Å². The number of carbonyl (C=O) groups excluding carboxylic acids is 1. The van der Waals surface area contributed by atoms with Crippen LogP contribution in [-0.2, 0) is 4.74 Å². The summed E-state index contributed by atoms with van der Waals surface area (Å²) in [7, 11) is 0. The smallest absolute Gasteiger partial charge is 0.270 e. The van der Waals surface area contributed by atoms with Crippen LogP contribution in [0.25, 0.3) is 10.8 Å². The zero-order valence-electron chi connectivity index (χ0n) is 11.3. The Hall–Kier alpha value is -1.94. The Balaban J connectivity index is 1.66. The number of aromatic nitrogens is 1.